The number of morpholine rings is 1. The van der Waals surface area contributed by atoms with Crippen LogP contribution in [-0.4, -0.2) is 68.7 Å². The second-order valence-electron chi connectivity index (χ2n) is 9.82. The number of ether oxygens (including phenoxy) is 3. The van der Waals surface area contributed by atoms with Crippen LogP contribution in [0.5, 0.6) is 5.88 Å². The number of rotatable bonds is 6. The molecule has 0 unspecified atom stereocenters. The molecule has 3 aromatic rings. The summed E-state index contributed by atoms with van der Waals surface area (Å²) in [4.78, 5) is 23.9. The highest BCUT2D eigenvalue weighted by Gasteiger charge is 2.32. The summed E-state index contributed by atoms with van der Waals surface area (Å²) in [6.45, 7) is 5.24. The van der Waals surface area contributed by atoms with E-state index in [1.165, 1.54) is 18.3 Å². The molecule has 0 bridgehead atoms. The van der Waals surface area contributed by atoms with E-state index in [0.29, 0.717) is 75.2 Å². The van der Waals surface area contributed by atoms with Crippen molar-refractivity contribution < 1.29 is 32.2 Å². The van der Waals surface area contributed by atoms with Crippen molar-refractivity contribution in [1.82, 2.24) is 9.97 Å². The van der Waals surface area contributed by atoms with Crippen molar-refractivity contribution in [3.8, 4) is 17.0 Å². The molecule has 1 amide bonds. The van der Waals surface area contributed by atoms with Crippen LogP contribution in [0.4, 0.5) is 24.5 Å². The monoisotopic (exact) mass is 552 g/mol. The van der Waals surface area contributed by atoms with Gasteiger partial charge in [-0.1, -0.05) is 6.07 Å². The van der Waals surface area contributed by atoms with Crippen molar-refractivity contribution in [1.29, 1.82) is 0 Å². The van der Waals surface area contributed by atoms with E-state index in [2.05, 4.69) is 20.2 Å². The number of hydrogen-bond donors (Lipinski definition) is 1. The molecule has 2 aromatic heterocycles. The summed E-state index contributed by atoms with van der Waals surface area (Å²) in [5, 5.41) is 2.65. The van der Waals surface area contributed by atoms with Gasteiger partial charge in [-0.15, -0.1) is 0 Å². The highest BCUT2D eigenvalue weighted by atomic mass is 19.4. The molecular weight excluding hydrogens is 524 g/mol. The molecule has 0 spiro atoms. The van der Waals surface area contributed by atoms with Crippen molar-refractivity contribution in [3.63, 3.8) is 0 Å². The normalized spacial score (nSPS) is 17.4. The average Bonchev–Trinajstić information content (AvgIpc) is 2.94. The zero-order valence-corrected chi connectivity index (χ0v) is 22.0. The first-order valence-electron chi connectivity index (χ1n) is 13.0. The van der Waals surface area contributed by atoms with Crippen LogP contribution in [-0.2, 0) is 15.7 Å². The Morgan fingerprint density at radius 3 is 2.50 bits per heavy atom. The molecule has 0 aliphatic carbocycles. The fourth-order valence-corrected chi connectivity index (χ4v) is 4.64. The molecule has 2 saturated heterocycles. The fraction of sp³-hybridized carbons (Fsp3) is 0.393. The molecule has 40 heavy (non-hydrogen) atoms. The van der Waals surface area contributed by atoms with E-state index in [4.69, 9.17) is 22.1 Å². The second kappa shape index (κ2) is 11.5. The smallest absolute Gasteiger partial charge is 0.416 e. The van der Waals surface area contributed by atoms with Gasteiger partial charge in [0.15, 0.2) is 0 Å². The van der Waals surface area contributed by atoms with Crippen LogP contribution in [0, 0.1) is 6.92 Å². The van der Waals surface area contributed by atoms with Gasteiger partial charge in [0.05, 0.1) is 36.2 Å². The van der Waals surface area contributed by atoms with E-state index in [9.17, 15) is 18.0 Å². The van der Waals surface area contributed by atoms with Crippen molar-refractivity contribution >= 4 is 25.1 Å². The predicted molar refractivity (Wildman–Crippen MR) is 144 cm³/mol. The van der Waals surface area contributed by atoms with Gasteiger partial charge in [-0.05, 0) is 37.3 Å². The zero-order valence-electron chi connectivity index (χ0n) is 22.0. The van der Waals surface area contributed by atoms with Crippen molar-refractivity contribution in [2.45, 2.75) is 31.4 Å². The number of carbonyl (C=O) groups excluding carboxylic acids is 1. The Balaban J connectivity index is 1.44. The number of anilines is 2. The number of amides is 1. The molecule has 1 N–H and O–H groups in total. The maximum Gasteiger partial charge on any atom is 0.416 e. The Labute approximate surface area is 231 Å². The molecule has 8 nitrogen and oxygen atoms in total. The average molecular weight is 552 g/mol. The maximum atomic E-state index is 13.1. The lowest BCUT2D eigenvalue weighted by Crippen LogP contribution is -2.43. The molecule has 1 aromatic carbocycles. The lowest BCUT2D eigenvalue weighted by atomic mass is 9.75. The quantitative estimate of drug-likeness (QED) is 0.447. The van der Waals surface area contributed by atoms with Gasteiger partial charge in [0, 0.05) is 67.7 Å². The molecule has 4 heterocycles. The van der Waals surface area contributed by atoms with Crippen molar-refractivity contribution in [3.05, 3.63) is 65.6 Å². The van der Waals surface area contributed by atoms with Gasteiger partial charge in [-0.2, -0.15) is 13.2 Å². The van der Waals surface area contributed by atoms with Crippen LogP contribution in [0.15, 0.2) is 48.8 Å². The molecule has 2 aliphatic rings. The molecule has 2 aliphatic heterocycles. The van der Waals surface area contributed by atoms with Gasteiger partial charge in [0.1, 0.15) is 13.5 Å². The highest BCUT2D eigenvalue weighted by molar-refractivity contribution is 6.14. The highest BCUT2D eigenvalue weighted by Crippen LogP contribution is 2.36. The van der Waals surface area contributed by atoms with Crippen LogP contribution in [0.3, 0.4) is 0 Å². The Kier molecular flexibility index (Phi) is 8.00. The largest absolute Gasteiger partial charge is 0.480 e. The minimum Gasteiger partial charge on any atom is -0.480 e. The molecule has 2 radical (unpaired) electrons. The first-order valence-corrected chi connectivity index (χ1v) is 13.0. The Hall–Kier alpha value is -3.64. The van der Waals surface area contributed by atoms with Gasteiger partial charge in [-0.3, -0.25) is 9.78 Å². The van der Waals surface area contributed by atoms with Crippen LogP contribution < -0.4 is 15.0 Å². The fourth-order valence-electron chi connectivity index (χ4n) is 4.64. The summed E-state index contributed by atoms with van der Waals surface area (Å²) in [6.07, 6.45) is -0.360. The number of pyridine rings is 2. The van der Waals surface area contributed by atoms with E-state index in [0.717, 1.165) is 23.4 Å². The minimum absolute atomic E-state index is 0.112. The number of alkyl halides is 3. The third kappa shape index (κ3) is 6.39. The number of halogens is 3. The standard InChI is InChI=1S/C28H28BF3N4O4/c1-18-23(15-22(17-33-18)35-25(37)19-3-2-4-21(13-19)28(30,31)32)20-14-24(36-7-11-39-12-8-36)26(34-16-20)40-27(29)5-9-38-10-6-27/h2-4,13-17H,5-12H2,1H3,(H,35,37). The summed E-state index contributed by atoms with van der Waals surface area (Å²) in [5.74, 6) is -0.266. The number of carbonyl (C=O) groups is 1. The summed E-state index contributed by atoms with van der Waals surface area (Å²) >= 11 is 0. The van der Waals surface area contributed by atoms with E-state index >= 15 is 0 Å². The predicted octanol–water partition coefficient (Wildman–Crippen LogP) is 4.61. The summed E-state index contributed by atoms with van der Waals surface area (Å²) in [5.41, 5.74) is 1.30. The molecule has 0 saturated carbocycles. The number of nitrogens with zero attached hydrogens (tertiary/aromatic N) is 3. The molecule has 2 fully saturated rings. The Morgan fingerprint density at radius 1 is 1.05 bits per heavy atom. The number of aryl methyl sites for hydroxylation is 1. The lowest BCUT2D eigenvalue weighted by molar-refractivity contribution is -0.137. The molecule has 208 valence electrons. The molecular formula is C28H28BF3N4O4. The van der Waals surface area contributed by atoms with Crippen LogP contribution in [0.2, 0.25) is 0 Å². The van der Waals surface area contributed by atoms with Gasteiger partial charge >= 0.3 is 6.18 Å². The van der Waals surface area contributed by atoms with Crippen molar-refractivity contribution in [2.75, 3.05) is 49.7 Å². The minimum atomic E-state index is -4.55. The van der Waals surface area contributed by atoms with Gasteiger partial charge < -0.3 is 24.4 Å². The SMILES string of the molecule is [B]C1(Oc2ncc(-c3cc(NC(=O)c4cccc(C(F)(F)F)c4)cnc3C)cc2N2CCOCC2)CCOCC1. The number of hydrogen-bond acceptors (Lipinski definition) is 7. The first-order chi connectivity index (χ1) is 19.1. The summed E-state index contributed by atoms with van der Waals surface area (Å²) in [7, 11) is 6.51. The summed E-state index contributed by atoms with van der Waals surface area (Å²) < 4.78 is 56.5. The third-order valence-corrected chi connectivity index (χ3v) is 6.93. The van der Waals surface area contributed by atoms with E-state index in [1.807, 2.05) is 13.0 Å². The molecule has 12 heteroatoms. The zero-order chi connectivity index (χ0) is 28.3. The number of nitrogens with one attached hydrogen (secondary N) is 1. The summed E-state index contributed by atoms with van der Waals surface area (Å²) in [6, 6.07) is 7.93. The lowest BCUT2D eigenvalue weighted by Gasteiger charge is -2.37. The van der Waals surface area contributed by atoms with E-state index in [-0.39, 0.29) is 5.56 Å². The van der Waals surface area contributed by atoms with Crippen LogP contribution in [0.25, 0.3) is 11.1 Å². The third-order valence-electron chi connectivity index (χ3n) is 6.93. The Bertz CT molecular complexity index is 1380. The topological polar surface area (TPSA) is 85.8 Å². The maximum absolute atomic E-state index is 13.1. The first kappa shape index (κ1) is 27.9. The number of aromatic nitrogens is 2. The van der Waals surface area contributed by atoms with Crippen molar-refractivity contribution in [2.24, 2.45) is 0 Å². The number of benzene rings is 1. The van der Waals surface area contributed by atoms with Crippen LogP contribution in [0.1, 0.15) is 34.5 Å². The van der Waals surface area contributed by atoms with Crippen LogP contribution >= 0.6 is 0 Å². The van der Waals surface area contributed by atoms with E-state index in [1.54, 1.807) is 12.3 Å². The molecule has 0 atom stereocenters. The second-order valence-corrected chi connectivity index (χ2v) is 9.82. The van der Waals surface area contributed by atoms with Gasteiger partial charge in [-0.25, -0.2) is 4.98 Å². The van der Waals surface area contributed by atoms with E-state index < -0.39 is 23.1 Å². The van der Waals surface area contributed by atoms with Gasteiger partial charge in [0.25, 0.3) is 5.91 Å². The Morgan fingerprint density at radius 2 is 1.77 bits per heavy atom. The van der Waals surface area contributed by atoms with Gasteiger partial charge in [0.2, 0.25) is 5.88 Å². The molecule has 5 rings (SSSR count).